The smallest absolute Gasteiger partial charge is 0.144 e. The van der Waals surface area contributed by atoms with Crippen molar-refractivity contribution in [1.82, 2.24) is 0 Å². The number of benzene rings is 1. The van der Waals surface area contributed by atoms with Crippen LogP contribution < -0.4 is 15.8 Å². The van der Waals surface area contributed by atoms with Gasteiger partial charge in [0.2, 0.25) is 0 Å². The molecule has 15 heavy (non-hydrogen) atoms. The molecule has 1 saturated carbocycles. The number of nitrogen functional groups attached to an aromatic ring is 1. The maximum Gasteiger partial charge on any atom is 0.144 e. The number of nitrogens with one attached hydrogen (secondary N) is 1. The summed E-state index contributed by atoms with van der Waals surface area (Å²) in [6, 6.07) is 5.86. The molecule has 0 amide bonds. The zero-order valence-electron chi connectivity index (χ0n) is 9.12. The monoisotopic (exact) mass is 206 g/mol. The van der Waals surface area contributed by atoms with Crippen LogP contribution in [0.3, 0.4) is 0 Å². The molecule has 1 aliphatic carbocycles. The molecule has 82 valence electrons. The van der Waals surface area contributed by atoms with Crippen molar-refractivity contribution in [3.05, 3.63) is 18.2 Å². The fourth-order valence-corrected chi connectivity index (χ4v) is 1.51. The molecular formula is C12H18N2O. The predicted octanol–water partition coefficient (Wildman–Crippen LogP) is 2.49. The van der Waals surface area contributed by atoms with Gasteiger partial charge in [0, 0.05) is 18.3 Å². The van der Waals surface area contributed by atoms with Crippen LogP contribution in [-0.4, -0.2) is 13.2 Å². The molecule has 1 fully saturated rings. The van der Waals surface area contributed by atoms with Crippen molar-refractivity contribution in [3.63, 3.8) is 0 Å². The summed E-state index contributed by atoms with van der Waals surface area (Å²) in [7, 11) is 0. The third kappa shape index (κ3) is 2.78. The first-order valence-corrected chi connectivity index (χ1v) is 5.55. The summed E-state index contributed by atoms with van der Waals surface area (Å²) in [4.78, 5) is 0. The van der Waals surface area contributed by atoms with Crippen molar-refractivity contribution >= 4 is 11.4 Å². The highest BCUT2D eigenvalue weighted by molar-refractivity contribution is 5.61. The molecule has 3 N–H and O–H groups in total. The van der Waals surface area contributed by atoms with E-state index < -0.39 is 0 Å². The summed E-state index contributed by atoms with van der Waals surface area (Å²) in [5.41, 5.74) is 7.59. The molecule has 1 aromatic rings. The summed E-state index contributed by atoms with van der Waals surface area (Å²) in [5.74, 6) is 1.65. The second-order valence-electron chi connectivity index (χ2n) is 4.01. The van der Waals surface area contributed by atoms with Crippen LogP contribution in [0.4, 0.5) is 11.4 Å². The summed E-state index contributed by atoms with van der Waals surface area (Å²) in [6.45, 7) is 3.68. The van der Waals surface area contributed by atoms with Gasteiger partial charge in [-0.25, -0.2) is 0 Å². The van der Waals surface area contributed by atoms with Gasteiger partial charge in [0.25, 0.3) is 0 Å². The van der Waals surface area contributed by atoms with E-state index in [0.29, 0.717) is 12.3 Å². The van der Waals surface area contributed by atoms with Crippen molar-refractivity contribution in [1.29, 1.82) is 0 Å². The van der Waals surface area contributed by atoms with Gasteiger partial charge in [-0.3, -0.25) is 0 Å². The zero-order chi connectivity index (χ0) is 10.7. The van der Waals surface area contributed by atoms with Crippen LogP contribution in [0.5, 0.6) is 5.75 Å². The normalized spacial score (nSPS) is 15.0. The van der Waals surface area contributed by atoms with Crippen LogP contribution in [0.25, 0.3) is 0 Å². The number of ether oxygens (including phenoxy) is 1. The Morgan fingerprint density at radius 1 is 1.47 bits per heavy atom. The molecule has 0 saturated heterocycles. The van der Waals surface area contributed by atoms with Crippen LogP contribution in [0.1, 0.15) is 19.8 Å². The summed E-state index contributed by atoms with van der Waals surface area (Å²) >= 11 is 0. The Morgan fingerprint density at radius 2 is 2.27 bits per heavy atom. The Morgan fingerprint density at radius 3 is 2.93 bits per heavy atom. The third-order valence-corrected chi connectivity index (χ3v) is 2.61. The Labute approximate surface area is 90.6 Å². The highest BCUT2D eigenvalue weighted by Crippen LogP contribution is 2.30. The summed E-state index contributed by atoms with van der Waals surface area (Å²) in [6.07, 6.45) is 2.72. The standard InChI is InChI=1S/C12H18N2O/c1-2-15-12-7-10(5-6-11(12)13)14-8-9-3-4-9/h5-7,9,14H,2-4,8,13H2,1H3. The van der Waals surface area contributed by atoms with E-state index in [2.05, 4.69) is 5.32 Å². The predicted molar refractivity (Wildman–Crippen MR) is 63.2 cm³/mol. The van der Waals surface area contributed by atoms with Crippen LogP contribution in [0.2, 0.25) is 0 Å². The summed E-state index contributed by atoms with van der Waals surface area (Å²) < 4.78 is 5.43. The summed E-state index contributed by atoms with van der Waals surface area (Å²) in [5, 5.41) is 3.40. The minimum absolute atomic E-state index is 0.649. The Balaban J connectivity index is 1.99. The molecule has 0 atom stereocenters. The number of nitrogens with two attached hydrogens (primary N) is 1. The highest BCUT2D eigenvalue weighted by atomic mass is 16.5. The second-order valence-corrected chi connectivity index (χ2v) is 4.01. The van der Waals surface area contributed by atoms with Crippen molar-refractivity contribution < 1.29 is 4.74 Å². The average molecular weight is 206 g/mol. The maximum absolute atomic E-state index is 5.79. The molecule has 0 heterocycles. The van der Waals surface area contributed by atoms with Crippen LogP contribution in [0.15, 0.2) is 18.2 Å². The maximum atomic E-state index is 5.79. The quantitative estimate of drug-likeness (QED) is 0.728. The van der Waals surface area contributed by atoms with Crippen LogP contribution in [-0.2, 0) is 0 Å². The van der Waals surface area contributed by atoms with E-state index >= 15 is 0 Å². The molecule has 0 aromatic heterocycles. The fraction of sp³-hybridized carbons (Fsp3) is 0.500. The van der Waals surface area contributed by atoms with E-state index in [1.807, 2.05) is 25.1 Å². The molecule has 2 rings (SSSR count). The molecule has 3 nitrogen and oxygen atoms in total. The largest absolute Gasteiger partial charge is 0.492 e. The Kier molecular flexibility index (Phi) is 2.99. The van der Waals surface area contributed by atoms with Gasteiger partial charge in [0.05, 0.1) is 12.3 Å². The van der Waals surface area contributed by atoms with E-state index in [0.717, 1.165) is 23.9 Å². The highest BCUT2D eigenvalue weighted by Gasteiger charge is 2.20. The van der Waals surface area contributed by atoms with Gasteiger partial charge >= 0.3 is 0 Å². The molecule has 0 unspecified atom stereocenters. The van der Waals surface area contributed by atoms with Gasteiger partial charge in [-0.05, 0) is 37.8 Å². The van der Waals surface area contributed by atoms with Gasteiger partial charge in [-0.15, -0.1) is 0 Å². The Hall–Kier alpha value is -1.38. The van der Waals surface area contributed by atoms with E-state index in [-0.39, 0.29) is 0 Å². The minimum Gasteiger partial charge on any atom is -0.492 e. The van der Waals surface area contributed by atoms with Crippen molar-refractivity contribution in [2.24, 2.45) is 5.92 Å². The van der Waals surface area contributed by atoms with Gasteiger partial charge in [0.1, 0.15) is 5.75 Å². The van der Waals surface area contributed by atoms with Crippen molar-refractivity contribution in [3.8, 4) is 5.75 Å². The molecular weight excluding hydrogens is 188 g/mol. The number of rotatable bonds is 5. The lowest BCUT2D eigenvalue weighted by atomic mass is 10.2. The van der Waals surface area contributed by atoms with E-state index in [1.165, 1.54) is 12.8 Å². The third-order valence-electron chi connectivity index (χ3n) is 2.61. The van der Waals surface area contributed by atoms with Gasteiger partial charge in [-0.1, -0.05) is 0 Å². The van der Waals surface area contributed by atoms with E-state index in [9.17, 15) is 0 Å². The van der Waals surface area contributed by atoms with Crippen molar-refractivity contribution in [2.45, 2.75) is 19.8 Å². The molecule has 0 radical (unpaired) electrons. The van der Waals surface area contributed by atoms with Gasteiger partial charge in [-0.2, -0.15) is 0 Å². The lowest BCUT2D eigenvalue weighted by molar-refractivity contribution is 0.342. The lowest BCUT2D eigenvalue weighted by Crippen LogP contribution is -2.04. The molecule has 1 aromatic carbocycles. The number of hydrogen-bond acceptors (Lipinski definition) is 3. The number of hydrogen-bond donors (Lipinski definition) is 2. The fourth-order valence-electron chi connectivity index (χ4n) is 1.51. The van der Waals surface area contributed by atoms with Crippen LogP contribution >= 0.6 is 0 Å². The molecule has 1 aliphatic rings. The van der Waals surface area contributed by atoms with Crippen molar-refractivity contribution in [2.75, 3.05) is 24.2 Å². The first-order chi connectivity index (χ1) is 7.29. The number of anilines is 2. The minimum atomic E-state index is 0.649. The average Bonchev–Trinajstić information content (AvgIpc) is 3.03. The van der Waals surface area contributed by atoms with E-state index in [4.69, 9.17) is 10.5 Å². The Bertz CT molecular complexity index is 334. The second kappa shape index (κ2) is 4.43. The van der Waals surface area contributed by atoms with Crippen LogP contribution in [0, 0.1) is 5.92 Å². The molecule has 0 spiro atoms. The van der Waals surface area contributed by atoms with Gasteiger partial charge in [0.15, 0.2) is 0 Å². The SMILES string of the molecule is CCOc1cc(NCC2CC2)ccc1N. The molecule has 3 heteroatoms. The lowest BCUT2D eigenvalue weighted by Gasteiger charge is -2.10. The topological polar surface area (TPSA) is 47.3 Å². The first kappa shape index (κ1) is 10.1. The first-order valence-electron chi connectivity index (χ1n) is 5.55. The molecule has 0 aliphatic heterocycles. The molecule has 0 bridgehead atoms. The van der Waals surface area contributed by atoms with E-state index in [1.54, 1.807) is 0 Å². The zero-order valence-corrected chi connectivity index (χ0v) is 9.12. The van der Waals surface area contributed by atoms with Gasteiger partial charge < -0.3 is 15.8 Å².